The van der Waals surface area contributed by atoms with Gasteiger partial charge in [-0.05, 0) is 57.2 Å². The normalized spacial score (nSPS) is 45.6. The van der Waals surface area contributed by atoms with Crippen LogP contribution in [0.25, 0.3) is 0 Å². The molecule has 5 rings (SSSR count). The molecule has 4 fully saturated rings. The van der Waals surface area contributed by atoms with Crippen molar-refractivity contribution in [3.63, 3.8) is 0 Å². The monoisotopic (exact) mass is 675 g/mol. The van der Waals surface area contributed by atoms with E-state index in [-0.39, 0.29) is 0 Å². The quantitative estimate of drug-likeness (QED) is 0.104. The van der Waals surface area contributed by atoms with E-state index in [0.29, 0.717) is 13.1 Å². The summed E-state index contributed by atoms with van der Waals surface area (Å²) >= 11 is 0. The molecule has 0 radical (unpaired) electrons. The Bertz CT molecular complexity index is 1110. The van der Waals surface area contributed by atoms with Crippen LogP contribution in [0.2, 0.25) is 0 Å². The van der Waals surface area contributed by atoms with Gasteiger partial charge in [0.25, 0.3) is 0 Å². The molecule has 47 heavy (non-hydrogen) atoms. The molecule has 0 aromatic heterocycles. The summed E-state index contributed by atoms with van der Waals surface area (Å²) in [5.41, 5.74) is 0.998. The Hall–Kier alpha value is -1.34. The Balaban J connectivity index is 1.30. The number of aliphatic hydroxyl groups is 10. The van der Waals surface area contributed by atoms with Crippen molar-refractivity contribution >= 4 is 0 Å². The fourth-order valence-electron chi connectivity index (χ4n) is 6.78. The van der Waals surface area contributed by atoms with Crippen LogP contribution in [0.5, 0.6) is 0 Å². The Morgan fingerprint density at radius 2 is 1.49 bits per heavy atom. The van der Waals surface area contributed by atoms with Crippen molar-refractivity contribution in [3.8, 4) is 11.8 Å². The molecule has 1 unspecified atom stereocenters. The zero-order valence-electron chi connectivity index (χ0n) is 26.1. The first-order valence-corrected chi connectivity index (χ1v) is 16.4. The highest BCUT2D eigenvalue weighted by Gasteiger charge is 2.58. The van der Waals surface area contributed by atoms with Crippen molar-refractivity contribution < 1.29 is 74.7 Å². The molecule has 4 heterocycles. The molecule has 0 aromatic rings. The van der Waals surface area contributed by atoms with Crippen LogP contribution in [-0.2, 0) is 23.7 Å². The number of piperidine rings is 1. The van der Waals surface area contributed by atoms with E-state index in [0.717, 1.165) is 50.5 Å². The highest BCUT2D eigenvalue weighted by molar-refractivity contribution is 5.32. The minimum Gasteiger partial charge on any atom is -0.394 e. The molecule has 0 amide bonds. The molecule has 5 aliphatic rings. The van der Waals surface area contributed by atoms with Crippen LogP contribution >= 0.6 is 0 Å². The van der Waals surface area contributed by atoms with Crippen LogP contribution in [-0.4, -0.2) is 180 Å². The number of ether oxygens (including phenoxy) is 5. The summed E-state index contributed by atoms with van der Waals surface area (Å²) in [7, 11) is 0. The van der Waals surface area contributed by atoms with Gasteiger partial charge in [-0.3, -0.25) is 4.90 Å². The van der Waals surface area contributed by atoms with Gasteiger partial charge < -0.3 is 74.7 Å². The van der Waals surface area contributed by atoms with Gasteiger partial charge in [0.05, 0.1) is 13.2 Å². The van der Waals surface area contributed by atoms with Crippen molar-refractivity contribution in [2.24, 2.45) is 0 Å². The van der Waals surface area contributed by atoms with Gasteiger partial charge in [-0.25, -0.2) is 0 Å². The number of nitrogens with zero attached hydrogens (tertiary/aromatic N) is 1. The molecule has 15 atom stereocenters. The lowest BCUT2D eigenvalue weighted by Crippen LogP contribution is -2.65. The van der Waals surface area contributed by atoms with Crippen molar-refractivity contribution in [1.29, 1.82) is 0 Å². The van der Waals surface area contributed by atoms with Crippen molar-refractivity contribution in [2.75, 3.05) is 32.9 Å². The van der Waals surface area contributed by atoms with Gasteiger partial charge in [0, 0.05) is 0 Å². The minimum atomic E-state index is -2.36. The SMILES string of the molecule is OC[C@H]1O[C@@](CO)(O[C@H]2O[C@H](CO[C@H]3O[C@H](C(C#CC4=CCCCC4)N4CCCCC4)[C@H](O)[C@H](O)[C@H]3O)[C@@H](O)[C@H](O)[C@H]2O)[C@@H](O)[C@@H]1O. The lowest BCUT2D eigenvalue weighted by Gasteiger charge is -2.46. The minimum absolute atomic E-state index is 0.591. The van der Waals surface area contributed by atoms with Gasteiger partial charge in [-0.1, -0.05) is 24.3 Å². The van der Waals surface area contributed by atoms with Gasteiger partial charge in [0.1, 0.15) is 79.8 Å². The summed E-state index contributed by atoms with van der Waals surface area (Å²) in [6, 6.07) is -0.641. The van der Waals surface area contributed by atoms with E-state index in [1.165, 1.54) is 0 Å². The largest absolute Gasteiger partial charge is 0.394 e. The van der Waals surface area contributed by atoms with Crippen molar-refractivity contribution in [1.82, 2.24) is 4.90 Å². The lowest BCUT2D eigenvalue weighted by atomic mass is 9.91. The van der Waals surface area contributed by atoms with E-state index in [1.807, 2.05) is 0 Å². The van der Waals surface area contributed by atoms with Crippen LogP contribution in [0.3, 0.4) is 0 Å². The molecule has 4 saturated heterocycles. The van der Waals surface area contributed by atoms with E-state index in [2.05, 4.69) is 22.8 Å². The number of aliphatic hydroxyl groups excluding tert-OH is 10. The fraction of sp³-hybridized carbons (Fsp3) is 0.871. The second-order valence-electron chi connectivity index (χ2n) is 12.9. The van der Waals surface area contributed by atoms with Gasteiger partial charge >= 0.3 is 0 Å². The maximum Gasteiger partial charge on any atom is 0.224 e. The average molecular weight is 676 g/mol. The van der Waals surface area contributed by atoms with Crippen LogP contribution in [0.1, 0.15) is 44.9 Å². The molecule has 0 saturated carbocycles. The predicted octanol–water partition coefficient (Wildman–Crippen LogP) is -4.21. The number of hydrogen-bond acceptors (Lipinski definition) is 16. The smallest absolute Gasteiger partial charge is 0.224 e. The van der Waals surface area contributed by atoms with Crippen LogP contribution in [0, 0.1) is 11.8 Å². The summed E-state index contributed by atoms with van der Waals surface area (Å²) in [5.74, 6) is 4.12. The number of allylic oxidation sites excluding steroid dienone is 2. The third-order valence-electron chi connectivity index (χ3n) is 9.69. The Morgan fingerprint density at radius 3 is 2.13 bits per heavy atom. The van der Waals surface area contributed by atoms with Crippen LogP contribution < -0.4 is 0 Å². The third kappa shape index (κ3) is 7.86. The Labute approximate surface area is 272 Å². The van der Waals surface area contributed by atoms with Gasteiger partial charge in [0.15, 0.2) is 12.6 Å². The van der Waals surface area contributed by atoms with E-state index >= 15 is 0 Å². The van der Waals surface area contributed by atoms with E-state index < -0.39 is 111 Å². The first-order chi connectivity index (χ1) is 22.5. The summed E-state index contributed by atoms with van der Waals surface area (Å²) in [6.07, 6.45) is -12.4. The van der Waals surface area contributed by atoms with Crippen molar-refractivity contribution in [2.45, 2.75) is 136 Å². The summed E-state index contributed by atoms with van der Waals surface area (Å²) < 4.78 is 28.3. The fourth-order valence-corrected chi connectivity index (χ4v) is 6.78. The van der Waals surface area contributed by atoms with Crippen molar-refractivity contribution in [3.05, 3.63) is 11.6 Å². The van der Waals surface area contributed by atoms with E-state index in [9.17, 15) is 51.1 Å². The molecule has 0 spiro atoms. The second-order valence-corrected chi connectivity index (χ2v) is 12.9. The number of rotatable bonds is 9. The predicted molar refractivity (Wildman–Crippen MR) is 158 cm³/mol. The topological polar surface area (TPSA) is 252 Å². The van der Waals surface area contributed by atoms with Gasteiger partial charge in [0.2, 0.25) is 5.79 Å². The third-order valence-corrected chi connectivity index (χ3v) is 9.69. The molecule has 16 nitrogen and oxygen atoms in total. The lowest BCUT2D eigenvalue weighted by molar-refractivity contribution is -0.388. The first kappa shape index (κ1) is 36.9. The Kier molecular flexibility index (Phi) is 12.7. The molecule has 1 aliphatic carbocycles. The second kappa shape index (κ2) is 16.1. The maximum absolute atomic E-state index is 11.1. The zero-order valence-corrected chi connectivity index (χ0v) is 26.1. The number of hydrogen-bond donors (Lipinski definition) is 10. The highest BCUT2D eigenvalue weighted by atomic mass is 16.8. The first-order valence-electron chi connectivity index (χ1n) is 16.4. The van der Waals surface area contributed by atoms with E-state index in [1.54, 1.807) is 0 Å². The molecule has 268 valence electrons. The molecule has 0 aromatic carbocycles. The molecular weight excluding hydrogens is 626 g/mol. The highest BCUT2D eigenvalue weighted by Crippen LogP contribution is 2.36. The van der Waals surface area contributed by atoms with Gasteiger partial charge in [-0.15, -0.1) is 0 Å². The van der Waals surface area contributed by atoms with E-state index in [4.69, 9.17) is 23.7 Å². The molecule has 10 N–H and O–H groups in total. The average Bonchev–Trinajstić information content (AvgIpc) is 3.34. The zero-order chi connectivity index (χ0) is 33.9. The standard InChI is InChI=1S/C31H49NO15/c33-13-18-21(36)28(42)31(15-34,46-18)47-30-26(41)22(37)20(35)19(44-30)14-43-29-25(40)23(38)24(39)27(45-29)17(32-11-5-2-6-12-32)10-9-16-7-3-1-4-8-16/h7,17-30,33-42H,1-6,8,11-15H2/t17?,18-,19-,20-,21-,22+,23+,24-,25-,26-,27-,28+,29+,30-,31+/m1/s1. The summed E-state index contributed by atoms with van der Waals surface area (Å²) in [4.78, 5) is 2.08. The summed E-state index contributed by atoms with van der Waals surface area (Å²) in [6.45, 7) is -0.976. The van der Waals surface area contributed by atoms with Crippen LogP contribution in [0.4, 0.5) is 0 Å². The Morgan fingerprint density at radius 1 is 0.787 bits per heavy atom. The van der Waals surface area contributed by atoms with Gasteiger partial charge in [-0.2, -0.15) is 0 Å². The number of likely N-dealkylation sites (tertiary alicyclic amines) is 1. The summed E-state index contributed by atoms with van der Waals surface area (Å²) in [5, 5.41) is 105. The molecular formula is C31H49NO15. The maximum atomic E-state index is 11.1. The molecule has 4 aliphatic heterocycles. The van der Waals surface area contributed by atoms with Crippen LogP contribution in [0.15, 0.2) is 11.6 Å². The molecule has 0 bridgehead atoms. The molecule has 16 heteroatoms.